The van der Waals surface area contributed by atoms with Crippen molar-refractivity contribution in [1.82, 2.24) is 20.1 Å². The number of carbonyl (C=O) groups is 1. The Morgan fingerprint density at radius 1 is 1.18 bits per heavy atom. The third-order valence-corrected chi connectivity index (χ3v) is 4.15. The van der Waals surface area contributed by atoms with Gasteiger partial charge in [-0.15, -0.1) is 0 Å². The van der Waals surface area contributed by atoms with Crippen LogP contribution >= 0.6 is 0 Å². The molecule has 3 aromatic rings. The maximum Gasteiger partial charge on any atom is 0.246 e. The second-order valence-electron chi connectivity index (χ2n) is 6.30. The fraction of sp³-hybridized carbons (Fsp3) is 0.250. The molecule has 1 unspecified atom stereocenters. The number of rotatable bonds is 7. The van der Waals surface area contributed by atoms with Gasteiger partial charge in [0.1, 0.15) is 6.04 Å². The number of methoxy groups -OCH3 is 1. The minimum atomic E-state index is -0.513. The largest absolute Gasteiger partial charge is 0.493 e. The minimum absolute atomic E-state index is 0.203. The summed E-state index contributed by atoms with van der Waals surface area (Å²) in [4.78, 5) is 16.8. The Bertz CT molecular complexity index is 953. The Hall–Kier alpha value is -3.39. The van der Waals surface area contributed by atoms with Crippen molar-refractivity contribution in [3.8, 4) is 17.4 Å². The van der Waals surface area contributed by atoms with Crippen LogP contribution in [-0.2, 0) is 11.8 Å². The second-order valence-corrected chi connectivity index (χ2v) is 6.30. The van der Waals surface area contributed by atoms with Crippen LogP contribution in [0.15, 0.2) is 48.9 Å². The molecule has 8 nitrogen and oxygen atoms in total. The first-order chi connectivity index (χ1) is 13.5. The molecule has 0 aliphatic carbocycles. The number of benzene rings is 1. The first-order valence-corrected chi connectivity index (χ1v) is 8.75. The molecule has 0 aliphatic heterocycles. The number of hydrogen-bond donors (Lipinski definition) is 2. The maximum atomic E-state index is 12.6. The van der Waals surface area contributed by atoms with Gasteiger partial charge < -0.3 is 20.1 Å². The Labute approximate surface area is 163 Å². The first-order valence-electron chi connectivity index (χ1n) is 8.75. The molecule has 0 aliphatic rings. The first kappa shape index (κ1) is 19.4. The van der Waals surface area contributed by atoms with Crippen LogP contribution in [0.4, 0.5) is 5.69 Å². The van der Waals surface area contributed by atoms with Gasteiger partial charge in [0.05, 0.1) is 25.2 Å². The fourth-order valence-electron chi connectivity index (χ4n) is 2.74. The van der Waals surface area contributed by atoms with Crippen molar-refractivity contribution in [2.24, 2.45) is 7.05 Å². The number of nitrogens with one attached hydrogen (secondary N) is 2. The summed E-state index contributed by atoms with van der Waals surface area (Å²) in [6.45, 7) is 1.98. The number of hydrogen-bond acceptors (Lipinski definition) is 6. The molecule has 2 aromatic heterocycles. The molecule has 0 radical (unpaired) electrons. The number of aryl methyl sites for hydroxylation is 2. The number of nitrogens with zero attached hydrogens (tertiary/aromatic N) is 3. The van der Waals surface area contributed by atoms with E-state index < -0.39 is 6.04 Å². The van der Waals surface area contributed by atoms with Crippen LogP contribution in [0.3, 0.4) is 0 Å². The lowest BCUT2D eigenvalue weighted by Crippen LogP contribution is -2.30. The Kier molecular flexibility index (Phi) is 5.90. The van der Waals surface area contributed by atoms with E-state index in [1.165, 1.54) is 0 Å². The molecule has 28 heavy (non-hydrogen) atoms. The molecule has 0 bridgehead atoms. The van der Waals surface area contributed by atoms with Crippen LogP contribution in [-0.4, -0.2) is 34.8 Å². The van der Waals surface area contributed by atoms with Crippen LogP contribution < -0.4 is 20.1 Å². The Balaban J connectivity index is 1.68. The molecule has 2 heterocycles. The summed E-state index contributed by atoms with van der Waals surface area (Å²) in [5.41, 5.74) is 2.42. The summed E-state index contributed by atoms with van der Waals surface area (Å²) < 4.78 is 12.8. The van der Waals surface area contributed by atoms with E-state index in [9.17, 15) is 4.79 Å². The molecule has 3 rings (SSSR count). The number of pyridine rings is 1. The van der Waals surface area contributed by atoms with E-state index >= 15 is 0 Å². The predicted octanol–water partition coefficient (Wildman–Crippen LogP) is 2.82. The van der Waals surface area contributed by atoms with E-state index in [1.54, 1.807) is 56.6 Å². The lowest BCUT2D eigenvalue weighted by molar-refractivity contribution is -0.118. The van der Waals surface area contributed by atoms with E-state index in [0.717, 1.165) is 11.1 Å². The smallest absolute Gasteiger partial charge is 0.246 e. The molecule has 0 saturated carbocycles. The van der Waals surface area contributed by atoms with Crippen molar-refractivity contribution in [1.29, 1.82) is 0 Å². The van der Waals surface area contributed by atoms with E-state index in [1.807, 2.05) is 25.1 Å². The highest BCUT2D eigenvalue weighted by atomic mass is 16.5. The topological polar surface area (TPSA) is 90.3 Å². The van der Waals surface area contributed by atoms with Gasteiger partial charge in [-0.2, -0.15) is 5.10 Å². The standard InChI is InChI=1S/C20H23N5O3/c1-13-5-7-16(17(9-13)27-4)28-18-8-6-15(11-22-18)24-20(26)19(21-2)14-10-23-25(3)12-14/h5-12,19,21H,1-4H3,(H,24,26). The highest BCUT2D eigenvalue weighted by molar-refractivity contribution is 5.95. The monoisotopic (exact) mass is 381 g/mol. The molecule has 1 aromatic carbocycles. The number of aromatic nitrogens is 3. The Morgan fingerprint density at radius 2 is 2.00 bits per heavy atom. The molecule has 146 valence electrons. The molecular formula is C20H23N5O3. The molecule has 8 heteroatoms. The van der Waals surface area contributed by atoms with Crippen molar-refractivity contribution in [2.45, 2.75) is 13.0 Å². The lowest BCUT2D eigenvalue weighted by Gasteiger charge is -2.15. The Morgan fingerprint density at radius 3 is 2.61 bits per heavy atom. The number of likely N-dealkylation sites (N-methyl/N-ethyl adjacent to an activating group) is 1. The third kappa shape index (κ3) is 4.47. The molecular weight excluding hydrogens is 358 g/mol. The zero-order valence-electron chi connectivity index (χ0n) is 16.3. The van der Waals surface area contributed by atoms with Crippen LogP contribution in [0.25, 0.3) is 0 Å². The van der Waals surface area contributed by atoms with Gasteiger partial charge in [-0.1, -0.05) is 6.07 Å². The van der Waals surface area contributed by atoms with E-state index in [-0.39, 0.29) is 5.91 Å². The highest BCUT2D eigenvalue weighted by Gasteiger charge is 2.20. The van der Waals surface area contributed by atoms with Crippen molar-refractivity contribution >= 4 is 11.6 Å². The molecule has 0 saturated heterocycles. The van der Waals surface area contributed by atoms with Crippen molar-refractivity contribution < 1.29 is 14.3 Å². The third-order valence-electron chi connectivity index (χ3n) is 4.15. The van der Waals surface area contributed by atoms with Crippen molar-refractivity contribution in [3.05, 3.63) is 60.0 Å². The summed E-state index contributed by atoms with van der Waals surface area (Å²) in [5, 5.41) is 9.93. The van der Waals surface area contributed by atoms with Crippen LogP contribution in [0, 0.1) is 6.92 Å². The molecule has 1 atom stereocenters. The van der Waals surface area contributed by atoms with Gasteiger partial charge in [-0.25, -0.2) is 4.98 Å². The van der Waals surface area contributed by atoms with Crippen LogP contribution in [0.2, 0.25) is 0 Å². The number of ether oxygens (including phenoxy) is 2. The van der Waals surface area contributed by atoms with Crippen LogP contribution in [0.1, 0.15) is 17.2 Å². The van der Waals surface area contributed by atoms with Gasteiger partial charge >= 0.3 is 0 Å². The number of carbonyl (C=O) groups excluding carboxylic acids is 1. The number of amides is 1. The fourth-order valence-corrected chi connectivity index (χ4v) is 2.74. The minimum Gasteiger partial charge on any atom is -0.493 e. The number of anilines is 1. The summed E-state index contributed by atoms with van der Waals surface area (Å²) in [6.07, 6.45) is 5.00. The van der Waals surface area contributed by atoms with Gasteiger partial charge in [0, 0.05) is 24.9 Å². The van der Waals surface area contributed by atoms with E-state index in [4.69, 9.17) is 9.47 Å². The molecule has 1 amide bonds. The average molecular weight is 381 g/mol. The normalized spacial score (nSPS) is 11.7. The molecule has 0 fully saturated rings. The summed E-state index contributed by atoms with van der Waals surface area (Å²) in [6, 6.07) is 8.56. The zero-order chi connectivity index (χ0) is 20.1. The van der Waals surface area contributed by atoms with Gasteiger partial charge in [0.2, 0.25) is 11.8 Å². The summed E-state index contributed by atoms with van der Waals surface area (Å²) >= 11 is 0. The summed E-state index contributed by atoms with van der Waals surface area (Å²) in [5.74, 6) is 1.40. The molecule has 0 spiro atoms. The highest BCUT2D eigenvalue weighted by Crippen LogP contribution is 2.31. The van der Waals surface area contributed by atoms with Gasteiger partial charge in [-0.3, -0.25) is 9.48 Å². The SMILES string of the molecule is CNC(C(=O)Nc1ccc(Oc2ccc(C)cc2OC)nc1)c1cnn(C)c1. The summed E-state index contributed by atoms with van der Waals surface area (Å²) in [7, 11) is 5.12. The maximum absolute atomic E-state index is 12.6. The zero-order valence-corrected chi connectivity index (χ0v) is 16.3. The van der Waals surface area contributed by atoms with Crippen molar-refractivity contribution in [3.63, 3.8) is 0 Å². The van der Waals surface area contributed by atoms with Gasteiger partial charge in [0.25, 0.3) is 0 Å². The average Bonchev–Trinajstić information content (AvgIpc) is 3.11. The van der Waals surface area contributed by atoms with Crippen molar-refractivity contribution in [2.75, 3.05) is 19.5 Å². The quantitative estimate of drug-likeness (QED) is 0.654. The second kappa shape index (κ2) is 8.53. The molecule has 2 N–H and O–H groups in total. The predicted molar refractivity (Wildman–Crippen MR) is 106 cm³/mol. The van der Waals surface area contributed by atoms with Gasteiger partial charge in [-0.05, 0) is 37.7 Å². The van der Waals surface area contributed by atoms with E-state index in [2.05, 4.69) is 20.7 Å². The van der Waals surface area contributed by atoms with E-state index in [0.29, 0.717) is 23.1 Å². The van der Waals surface area contributed by atoms with Gasteiger partial charge in [0.15, 0.2) is 11.5 Å². The van der Waals surface area contributed by atoms with Crippen LogP contribution in [0.5, 0.6) is 17.4 Å². The lowest BCUT2D eigenvalue weighted by atomic mass is 10.1.